The number of unbranched alkanes of at least 4 members (excludes halogenated alkanes) is 2. The van der Waals surface area contributed by atoms with E-state index in [9.17, 15) is 19.9 Å². The van der Waals surface area contributed by atoms with Crippen molar-refractivity contribution in [1.29, 1.82) is 0 Å². The van der Waals surface area contributed by atoms with Crippen molar-refractivity contribution in [2.24, 2.45) is 0 Å². The number of aliphatic carboxylic acids is 1. The zero-order valence-corrected chi connectivity index (χ0v) is 22.9. The predicted molar refractivity (Wildman–Crippen MR) is 150 cm³/mol. The van der Waals surface area contributed by atoms with Crippen molar-refractivity contribution in [2.75, 3.05) is 11.1 Å². The van der Waals surface area contributed by atoms with E-state index >= 15 is 0 Å². The van der Waals surface area contributed by atoms with Crippen LogP contribution in [-0.4, -0.2) is 33.9 Å². The molecule has 1 saturated heterocycles. The van der Waals surface area contributed by atoms with Crippen LogP contribution in [-0.2, 0) is 25.7 Å². The molecule has 3 unspecified atom stereocenters. The quantitative estimate of drug-likeness (QED) is 0.112. The Morgan fingerprint density at radius 3 is 2.52 bits per heavy atom. The number of hydrogen-bond donors (Lipinski definition) is 3. The molecule has 0 spiro atoms. The molecule has 0 aliphatic carbocycles. The van der Waals surface area contributed by atoms with Crippen LogP contribution < -0.4 is 10.0 Å². The number of pyridine rings is 1. The van der Waals surface area contributed by atoms with E-state index in [4.69, 9.17) is 14.6 Å². The first-order chi connectivity index (χ1) is 19.4. The van der Waals surface area contributed by atoms with Gasteiger partial charge in [0.15, 0.2) is 12.5 Å². The van der Waals surface area contributed by atoms with Gasteiger partial charge in [0.05, 0.1) is 18.8 Å². The Morgan fingerprint density at radius 1 is 0.975 bits per heavy atom. The molecule has 0 radical (unpaired) electrons. The summed E-state index contributed by atoms with van der Waals surface area (Å²) in [5.74, 6) is -0.411. The number of nitrogens with one attached hydrogen (secondary N) is 1. The molecule has 0 bridgehead atoms. The van der Waals surface area contributed by atoms with Gasteiger partial charge in [-0.2, -0.15) is 4.73 Å². The van der Waals surface area contributed by atoms with Crippen molar-refractivity contribution in [3.63, 3.8) is 0 Å². The van der Waals surface area contributed by atoms with E-state index in [0.29, 0.717) is 48.6 Å². The molecule has 1 aliphatic rings. The molecule has 1 amide bonds. The van der Waals surface area contributed by atoms with Crippen molar-refractivity contribution in [2.45, 2.75) is 68.7 Å². The fourth-order valence-electron chi connectivity index (χ4n) is 4.45. The number of anilines is 1. The highest BCUT2D eigenvalue weighted by atomic mass is 32.2. The van der Waals surface area contributed by atoms with Gasteiger partial charge < -0.3 is 30.2 Å². The molecule has 4 rings (SSSR count). The second-order valence-electron chi connectivity index (χ2n) is 9.65. The number of aliphatic hydroxyl groups is 1. The molecule has 3 N–H and O–H groups in total. The average Bonchev–Trinajstić information content (AvgIpc) is 2.96. The van der Waals surface area contributed by atoms with Gasteiger partial charge >= 0.3 is 5.97 Å². The van der Waals surface area contributed by atoms with E-state index in [1.807, 2.05) is 48.5 Å². The van der Waals surface area contributed by atoms with E-state index in [1.165, 1.54) is 18.0 Å². The summed E-state index contributed by atoms with van der Waals surface area (Å²) in [7, 11) is 0. The number of ether oxygens (including phenoxy) is 2. The maximum atomic E-state index is 12.4. The molecular weight excluding hydrogens is 532 g/mol. The molecule has 9 nitrogen and oxygen atoms in total. The Bertz CT molecular complexity index is 1270. The maximum absolute atomic E-state index is 12.4. The lowest BCUT2D eigenvalue weighted by atomic mass is 10.0. The molecule has 40 heavy (non-hydrogen) atoms. The van der Waals surface area contributed by atoms with E-state index in [2.05, 4.69) is 5.32 Å². The number of aromatic nitrogens is 1. The number of rotatable bonds is 13. The topological polar surface area (TPSA) is 132 Å². The van der Waals surface area contributed by atoms with E-state index in [1.54, 1.807) is 18.2 Å². The van der Waals surface area contributed by atoms with Crippen molar-refractivity contribution < 1.29 is 34.0 Å². The van der Waals surface area contributed by atoms with Crippen LogP contribution in [0.15, 0.2) is 78.0 Å². The summed E-state index contributed by atoms with van der Waals surface area (Å²) in [4.78, 5) is 23.1. The van der Waals surface area contributed by atoms with Gasteiger partial charge in [-0.1, -0.05) is 54.6 Å². The standard InChI is InChI=1S/C30H34N2O7S/c33-19-21-12-14-22(15-13-21)26-18-25(20-40-28-10-4-5-16-32(28)37)38-30(39-26)23-7-6-8-24(17-23)31-27(34)9-2-1-3-11-29(35)36/h4-8,10,12-17,25-26,30,33H,1-3,9,11,18-20H2,(H,31,34)(H,35,36). The molecule has 1 aromatic heterocycles. The third kappa shape index (κ3) is 8.79. The van der Waals surface area contributed by atoms with Crippen LogP contribution in [0.5, 0.6) is 0 Å². The zero-order valence-electron chi connectivity index (χ0n) is 22.1. The summed E-state index contributed by atoms with van der Waals surface area (Å²) < 4.78 is 13.6. The summed E-state index contributed by atoms with van der Waals surface area (Å²) in [5.41, 5.74) is 3.15. The van der Waals surface area contributed by atoms with Crippen molar-refractivity contribution in [1.82, 2.24) is 0 Å². The van der Waals surface area contributed by atoms with Gasteiger partial charge in [-0.3, -0.25) is 9.59 Å². The molecule has 2 aromatic carbocycles. The van der Waals surface area contributed by atoms with Gasteiger partial charge in [0.25, 0.3) is 5.03 Å². The zero-order chi connectivity index (χ0) is 28.3. The molecule has 212 valence electrons. The first kappa shape index (κ1) is 29.5. The van der Waals surface area contributed by atoms with Crippen molar-refractivity contribution in [3.05, 3.63) is 94.8 Å². The lowest BCUT2D eigenvalue weighted by Crippen LogP contribution is -2.32. The van der Waals surface area contributed by atoms with Gasteiger partial charge in [-0.15, -0.1) is 0 Å². The van der Waals surface area contributed by atoms with E-state index in [0.717, 1.165) is 21.4 Å². The largest absolute Gasteiger partial charge is 0.618 e. The third-order valence-electron chi connectivity index (χ3n) is 6.56. The number of thioether (sulfide) groups is 1. The Labute approximate surface area is 237 Å². The molecule has 1 fully saturated rings. The van der Waals surface area contributed by atoms with Gasteiger partial charge in [0.2, 0.25) is 5.91 Å². The highest BCUT2D eigenvalue weighted by Crippen LogP contribution is 2.39. The SMILES string of the molecule is O=C(O)CCCCCC(=O)Nc1cccc(C2OC(CSc3cccc[n+]3[O-])CC(c3ccc(CO)cc3)O2)c1. The molecule has 3 atom stereocenters. The number of aliphatic hydroxyl groups excluding tert-OH is 1. The Morgan fingerprint density at radius 2 is 1.77 bits per heavy atom. The summed E-state index contributed by atoms with van der Waals surface area (Å²) >= 11 is 1.43. The van der Waals surface area contributed by atoms with Crippen LogP contribution in [0.3, 0.4) is 0 Å². The lowest BCUT2D eigenvalue weighted by Gasteiger charge is -2.36. The highest BCUT2D eigenvalue weighted by molar-refractivity contribution is 7.99. The fraction of sp³-hybridized carbons (Fsp3) is 0.367. The van der Waals surface area contributed by atoms with Crippen LogP contribution in [0.4, 0.5) is 5.69 Å². The second-order valence-corrected chi connectivity index (χ2v) is 10.7. The van der Waals surface area contributed by atoms with Crippen LogP contribution in [0.2, 0.25) is 0 Å². The molecule has 10 heteroatoms. The predicted octanol–water partition coefficient (Wildman–Crippen LogP) is 5.12. The number of carbonyl (C=O) groups is 2. The first-order valence-corrected chi connectivity index (χ1v) is 14.3. The van der Waals surface area contributed by atoms with Gasteiger partial charge in [-0.05, 0) is 42.2 Å². The van der Waals surface area contributed by atoms with E-state index < -0.39 is 12.3 Å². The smallest absolute Gasteiger partial charge is 0.303 e. The number of carboxylic acid groups (broad SMARTS) is 1. The second kappa shape index (κ2) is 14.8. The summed E-state index contributed by atoms with van der Waals surface area (Å²) in [6.07, 6.45) is 3.16. The average molecular weight is 567 g/mol. The van der Waals surface area contributed by atoms with E-state index in [-0.39, 0.29) is 31.1 Å². The summed E-state index contributed by atoms with van der Waals surface area (Å²) in [6, 6.07) is 20.3. The number of carboxylic acids is 1. The van der Waals surface area contributed by atoms with Crippen LogP contribution in [0, 0.1) is 5.21 Å². The number of carbonyl (C=O) groups excluding carboxylic acids is 1. The first-order valence-electron chi connectivity index (χ1n) is 13.3. The molecule has 0 saturated carbocycles. The Balaban J connectivity index is 1.44. The van der Waals surface area contributed by atoms with Gasteiger partial charge in [0, 0.05) is 48.4 Å². The molecular formula is C30H34N2O7S. The minimum atomic E-state index is -0.826. The lowest BCUT2D eigenvalue weighted by molar-refractivity contribution is -0.645. The summed E-state index contributed by atoms with van der Waals surface area (Å²) in [6.45, 7) is -0.0378. The summed E-state index contributed by atoms with van der Waals surface area (Å²) in [5, 5.41) is 33.8. The number of nitrogens with zero attached hydrogens (tertiary/aromatic N) is 1. The number of hydrogen-bond acceptors (Lipinski definition) is 7. The van der Waals surface area contributed by atoms with Crippen molar-refractivity contribution >= 4 is 29.3 Å². The normalized spacial score (nSPS) is 18.8. The minimum absolute atomic E-state index is 0.0378. The highest BCUT2D eigenvalue weighted by Gasteiger charge is 2.33. The number of benzene rings is 2. The molecule has 2 heterocycles. The minimum Gasteiger partial charge on any atom is -0.618 e. The van der Waals surface area contributed by atoms with Gasteiger partial charge in [0.1, 0.15) is 0 Å². The Hall–Kier alpha value is -3.44. The van der Waals surface area contributed by atoms with Crippen LogP contribution in [0.25, 0.3) is 0 Å². The molecule has 1 aliphatic heterocycles. The van der Waals surface area contributed by atoms with Crippen LogP contribution >= 0.6 is 11.8 Å². The molecule has 3 aromatic rings. The van der Waals surface area contributed by atoms with Crippen molar-refractivity contribution in [3.8, 4) is 0 Å². The maximum Gasteiger partial charge on any atom is 0.303 e. The third-order valence-corrected chi connectivity index (χ3v) is 7.71. The van der Waals surface area contributed by atoms with Gasteiger partial charge in [-0.25, -0.2) is 0 Å². The van der Waals surface area contributed by atoms with Crippen LogP contribution in [0.1, 0.15) is 67.6 Å². The monoisotopic (exact) mass is 566 g/mol. The number of amides is 1. The fourth-order valence-corrected chi connectivity index (χ4v) is 5.38. The Kier molecular flexibility index (Phi) is 10.9.